The fourth-order valence-corrected chi connectivity index (χ4v) is 2.11. The summed E-state index contributed by atoms with van der Waals surface area (Å²) in [7, 11) is -3.58. The van der Waals surface area contributed by atoms with E-state index in [1.54, 1.807) is 0 Å². The van der Waals surface area contributed by atoms with Crippen LogP contribution < -0.4 is 0 Å². The standard InChI is InChI=1S/C11H11N5O2S/c1-7-5-8(2)16(15-7)10-6-9(12-3)13-11(14-10)19(4,17)18/h5-6H,1-2,4H3. The summed E-state index contributed by atoms with van der Waals surface area (Å²) in [6.07, 6.45) is 1.00. The summed E-state index contributed by atoms with van der Waals surface area (Å²) in [5, 5.41) is 3.84. The van der Waals surface area contributed by atoms with Crippen molar-refractivity contribution >= 4 is 15.7 Å². The maximum atomic E-state index is 11.5. The molecule has 0 amide bonds. The molecule has 0 aliphatic carbocycles. The molecule has 7 nitrogen and oxygen atoms in total. The molecule has 0 saturated heterocycles. The Balaban J connectivity index is 2.72. The van der Waals surface area contributed by atoms with Gasteiger partial charge in [0, 0.05) is 18.0 Å². The van der Waals surface area contributed by atoms with Crippen LogP contribution in [0.1, 0.15) is 11.4 Å². The molecular weight excluding hydrogens is 266 g/mol. The zero-order chi connectivity index (χ0) is 14.2. The quantitative estimate of drug-likeness (QED) is 0.609. The highest BCUT2D eigenvalue weighted by atomic mass is 32.2. The zero-order valence-corrected chi connectivity index (χ0v) is 11.4. The molecule has 19 heavy (non-hydrogen) atoms. The average Bonchev–Trinajstić information content (AvgIpc) is 2.66. The van der Waals surface area contributed by atoms with E-state index in [9.17, 15) is 8.42 Å². The molecule has 0 atom stereocenters. The van der Waals surface area contributed by atoms with Gasteiger partial charge < -0.3 is 4.85 Å². The Labute approximate surface area is 110 Å². The molecule has 2 heterocycles. The summed E-state index contributed by atoms with van der Waals surface area (Å²) in [4.78, 5) is 10.8. The van der Waals surface area contributed by atoms with Crippen LogP contribution >= 0.6 is 0 Å². The van der Waals surface area contributed by atoms with Crippen molar-refractivity contribution in [3.8, 4) is 5.82 Å². The molecule has 8 heteroatoms. The molecule has 0 saturated carbocycles. The predicted octanol–water partition coefficient (Wildman–Crippen LogP) is 1.23. The van der Waals surface area contributed by atoms with E-state index in [2.05, 4.69) is 19.9 Å². The van der Waals surface area contributed by atoms with E-state index in [1.807, 2.05) is 19.9 Å². The third kappa shape index (κ3) is 2.61. The van der Waals surface area contributed by atoms with E-state index in [1.165, 1.54) is 10.7 Å². The van der Waals surface area contributed by atoms with Crippen molar-refractivity contribution in [3.63, 3.8) is 0 Å². The van der Waals surface area contributed by atoms with Crippen LogP contribution in [0.3, 0.4) is 0 Å². The monoisotopic (exact) mass is 277 g/mol. The van der Waals surface area contributed by atoms with Gasteiger partial charge in [-0.3, -0.25) is 0 Å². The van der Waals surface area contributed by atoms with Crippen molar-refractivity contribution in [2.45, 2.75) is 19.0 Å². The van der Waals surface area contributed by atoms with E-state index < -0.39 is 9.84 Å². The van der Waals surface area contributed by atoms with Crippen LogP contribution in [0.2, 0.25) is 0 Å². The number of sulfone groups is 1. The van der Waals surface area contributed by atoms with Gasteiger partial charge in [0.2, 0.25) is 9.84 Å². The second kappa shape index (κ2) is 4.44. The van der Waals surface area contributed by atoms with Gasteiger partial charge in [0.05, 0.1) is 5.69 Å². The lowest BCUT2D eigenvalue weighted by molar-refractivity contribution is 0.592. The Kier molecular flexibility index (Phi) is 3.08. The van der Waals surface area contributed by atoms with Crippen LogP contribution in [-0.4, -0.2) is 34.4 Å². The molecule has 2 rings (SSSR count). The highest BCUT2D eigenvalue weighted by Crippen LogP contribution is 2.17. The fraction of sp³-hybridized carbons (Fsp3) is 0.273. The first-order valence-corrected chi connectivity index (χ1v) is 7.20. The summed E-state index contributed by atoms with van der Waals surface area (Å²) in [5.74, 6) is 0.241. The third-order valence-corrected chi connectivity index (χ3v) is 3.20. The minimum atomic E-state index is -3.58. The van der Waals surface area contributed by atoms with Gasteiger partial charge >= 0.3 is 5.16 Å². The van der Waals surface area contributed by atoms with Crippen molar-refractivity contribution in [2.75, 3.05) is 6.26 Å². The lowest BCUT2D eigenvalue weighted by Gasteiger charge is -2.04. The molecule has 2 aromatic rings. The Morgan fingerprint density at radius 3 is 2.42 bits per heavy atom. The second-order valence-electron chi connectivity index (χ2n) is 4.09. The third-order valence-electron chi connectivity index (χ3n) is 2.35. The summed E-state index contributed by atoms with van der Waals surface area (Å²) in [5.41, 5.74) is 1.58. The number of aryl methyl sites for hydroxylation is 2. The number of nitrogens with zero attached hydrogens (tertiary/aromatic N) is 5. The molecule has 0 aromatic carbocycles. The van der Waals surface area contributed by atoms with E-state index in [-0.39, 0.29) is 16.8 Å². The number of hydrogen-bond acceptors (Lipinski definition) is 5. The van der Waals surface area contributed by atoms with Gasteiger partial charge in [-0.25, -0.2) is 13.1 Å². The Morgan fingerprint density at radius 2 is 1.95 bits per heavy atom. The van der Waals surface area contributed by atoms with Gasteiger partial charge in [-0.05, 0) is 19.9 Å². The zero-order valence-electron chi connectivity index (χ0n) is 10.6. The first-order chi connectivity index (χ1) is 8.81. The highest BCUT2D eigenvalue weighted by molar-refractivity contribution is 7.90. The van der Waals surface area contributed by atoms with Gasteiger partial charge in [-0.1, -0.05) is 11.6 Å². The molecule has 0 bridgehead atoms. The fourth-order valence-electron chi connectivity index (χ4n) is 1.59. The summed E-state index contributed by atoms with van der Waals surface area (Å²) < 4.78 is 24.5. The predicted molar refractivity (Wildman–Crippen MR) is 68.0 cm³/mol. The van der Waals surface area contributed by atoms with Crippen LogP contribution in [0.5, 0.6) is 0 Å². The van der Waals surface area contributed by atoms with Crippen LogP contribution in [0.15, 0.2) is 17.3 Å². The summed E-state index contributed by atoms with van der Waals surface area (Å²) in [6.45, 7) is 10.6. The SMILES string of the molecule is [C-]#[N+]c1cc(-n2nc(C)cc2C)nc(S(C)(=O)=O)n1. The average molecular weight is 277 g/mol. The largest absolute Gasteiger partial charge is 0.360 e. The Morgan fingerprint density at radius 1 is 1.26 bits per heavy atom. The first kappa shape index (κ1) is 13.2. The lowest BCUT2D eigenvalue weighted by atomic mass is 10.4. The van der Waals surface area contributed by atoms with Gasteiger partial charge in [0.1, 0.15) is 5.82 Å². The lowest BCUT2D eigenvalue weighted by Crippen LogP contribution is -2.09. The topological polar surface area (TPSA) is 82.1 Å². The van der Waals surface area contributed by atoms with Crippen LogP contribution in [0.4, 0.5) is 5.82 Å². The smallest absolute Gasteiger partial charge is 0.341 e. The van der Waals surface area contributed by atoms with E-state index in [0.717, 1.165) is 17.6 Å². The number of hydrogen-bond donors (Lipinski definition) is 0. The molecule has 0 radical (unpaired) electrons. The molecule has 98 valence electrons. The van der Waals surface area contributed by atoms with Crippen LogP contribution in [-0.2, 0) is 9.84 Å². The molecule has 0 aliphatic rings. The highest BCUT2D eigenvalue weighted by Gasteiger charge is 2.19. The summed E-state index contributed by atoms with van der Waals surface area (Å²) in [6, 6.07) is 3.24. The first-order valence-electron chi connectivity index (χ1n) is 5.31. The molecule has 0 N–H and O–H groups in total. The maximum absolute atomic E-state index is 11.5. The van der Waals surface area contributed by atoms with E-state index in [4.69, 9.17) is 6.57 Å². The maximum Gasteiger partial charge on any atom is 0.341 e. The molecule has 2 aromatic heterocycles. The molecule has 0 unspecified atom stereocenters. The van der Waals surface area contributed by atoms with Crippen molar-refractivity contribution in [1.29, 1.82) is 0 Å². The number of rotatable bonds is 2. The Hall–Kier alpha value is -2.27. The van der Waals surface area contributed by atoms with E-state index in [0.29, 0.717) is 0 Å². The van der Waals surface area contributed by atoms with Gasteiger partial charge in [0.15, 0.2) is 0 Å². The van der Waals surface area contributed by atoms with Crippen molar-refractivity contribution in [1.82, 2.24) is 19.7 Å². The molecule has 0 aliphatic heterocycles. The Bertz CT molecular complexity index is 786. The van der Waals surface area contributed by atoms with Crippen molar-refractivity contribution in [2.24, 2.45) is 0 Å². The van der Waals surface area contributed by atoms with Gasteiger partial charge in [0.25, 0.3) is 5.82 Å². The molecule has 0 fully saturated rings. The number of aromatic nitrogens is 4. The van der Waals surface area contributed by atoms with Crippen LogP contribution in [0, 0.1) is 20.4 Å². The molecule has 0 spiro atoms. The minimum Gasteiger partial charge on any atom is -0.360 e. The molecular formula is C11H11N5O2S. The minimum absolute atomic E-state index is 0.0296. The van der Waals surface area contributed by atoms with Gasteiger partial charge in [-0.15, -0.1) is 0 Å². The van der Waals surface area contributed by atoms with Crippen LogP contribution in [0.25, 0.3) is 10.7 Å². The normalized spacial score (nSPS) is 11.3. The van der Waals surface area contributed by atoms with E-state index >= 15 is 0 Å². The van der Waals surface area contributed by atoms with Crippen molar-refractivity contribution < 1.29 is 8.42 Å². The van der Waals surface area contributed by atoms with Crippen molar-refractivity contribution in [3.05, 3.63) is 34.9 Å². The summed E-state index contributed by atoms with van der Waals surface area (Å²) >= 11 is 0. The van der Waals surface area contributed by atoms with Gasteiger partial charge in [-0.2, -0.15) is 10.1 Å². The second-order valence-corrected chi connectivity index (χ2v) is 6.00.